The topological polar surface area (TPSA) is 104 Å². The molecule has 0 radical (unpaired) electrons. The van der Waals surface area contributed by atoms with Crippen molar-refractivity contribution in [3.8, 4) is 0 Å². The Bertz CT molecular complexity index is 434. The first-order valence-electron chi connectivity index (χ1n) is 5.25. The van der Waals surface area contributed by atoms with Gasteiger partial charge in [-0.25, -0.2) is 13.2 Å². The van der Waals surface area contributed by atoms with Crippen molar-refractivity contribution >= 4 is 21.9 Å². The van der Waals surface area contributed by atoms with E-state index in [0.29, 0.717) is 0 Å². The fourth-order valence-electron chi connectivity index (χ4n) is 1.51. The quantitative estimate of drug-likeness (QED) is 0.651. The Kier molecular flexibility index (Phi) is 4.65. The number of rotatable bonds is 4. The highest BCUT2D eigenvalue weighted by molar-refractivity contribution is 7.88. The molecule has 1 rings (SSSR count). The van der Waals surface area contributed by atoms with E-state index in [4.69, 9.17) is 9.84 Å². The average molecular weight is 280 g/mol. The molecule has 0 aromatic rings. The summed E-state index contributed by atoms with van der Waals surface area (Å²) in [5.74, 6) is -1.70. The van der Waals surface area contributed by atoms with Crippen LogP contribution in [0, 0.1) is 0 Å². The predicted octanol–water partition coefficient (Wildman–Crippen LogP) is -1.81. The second-order valence-corrected chi connectivity index (χ2v) is 6.12. The Morgan fingerprint density at radius 2 is 2.11 bits per heavy atom. The van der Waals surface area contributed by atoms with Crippen LogP contribution in [0.25, 0.3) is 0 Å². The highest BCUT2D eigenvalue weighted by Crippen LogP contribution is 2.08. The Morgan fingerprint density at radius 3 is 2.61 bits per heavy atom. The van der Waals surface area contributed by atoms with Crippen LogP contribution in [0.15, 0.2) is 0 Å². The first-order chi connectivity index (χ1) is 8.23. The molecule has 1 saturated heterocycles. The maximum Gasteiger partial charge on any atom is 0.328 e. The molecule has 18 heavy (non-hydrogen) atoms. The molecule has 0 bridgehead atoms. The van der Waals surface area contributed by atoms with Gasteiger partial charge in [-0.1, -0.05) is 0 Å². The molecule has 1 aliphatic heterocycles. The third-order valence-corrected chi connectivity index (χ3v) is 3.92. The van der Waals surface area contributed by atoms with E-state index in [0.717, 1.165) is 15.5 Å². The number of hydrogen-bond donors (Lipinski definition) is 1. The van der Waals surface area contributed by atoms with Crippen LogP contribution in [0.3, 0.4) is 0 Å². The number of nitrogens with zero attached hydrogens (tertiary/aromatic N) is 2. The van der Waals surface area contributed by atoms with E-state index in [1.54, 1.807) is 0 Å². The van der Waals surface area contributed by atoms with Gasteiger partial charge in [-0.05, 0) is 0 Å². The molecular weight excluding hydrogens is 264 g/mol. The molecule has 8 nitrogen and oxygen atoms in total. The summed E-state index contributed by atoms with van der Waals surface area (Å²) in [4.78, 5) is 23.9. The number of morpholine rings is 1. The number of amides is 1. The molecule has 1 fully saturated rings. The minimum atomic E-state index is -3.47. The fraction of sp³-hybridized carbons (Fsp3) is 0.778. The van der Waals surface area contributed by atoms with E-state index >= 15 is 0 Å². The summed E-state index contributed by atoms with van der Waals surface area (Å²) in [7, 11) is -2.20. The van der Waals surface area contributed by atoms with Crippen LogP contribution in [-0.4, -0.2) is 80.3 Å². The molecule has 0 aliphatic carbocycles. The molecule has 1 aliphatic rings. The zero-order chi connectivity index (χ0) is 13.9. The molecule has 0 aromatic heterocycles. The number of aliphatic carboxylic acids is 1. The summed E-state index contributed by atoms with van der Waals surface area (Å²) in [6, 6.07) is -1.06. The fourth-order valence-corrected chi connectivity index (χ4v) is 1.85. The molecule has 0 saturated carbocycles. The first kappa shape index (κ1) is 14.9. The molecule has 1 N–H and O–H groups in total. The number of carbonyl (C=O) groups excluding carboxylic acids is 1. The van der Waals surface area contributed by atoms with Crippen molar-refractivity contribution in [1.29, 1.82) is 0 Å². The van der Waals surface area contributed by atoms with E-state index < -0.39 is 27.9 Å². The van der Waals surface area contributed by atoms with Crippen LogP contribution >= 0.6 is 0 Å². The van der Waals surface area contributed by atoms with Crippen molar-refractivity contribution in [2.75, 3.05) is 39.6 Å². The van der Waals surface area contributed by atoms with Crippen molar-refractivity contribution in [3.63, 3.8) is 0 Å². The molecule has 0 unspecified atom stereocenters. The summed E-state index contributed by atoms with van der Waals surface area (Å²) >= 11 is 0. The summed E-state index contributed by atoms with van der Waals surface area (Å²) < 4.78 is 28.2. The summed E-state index contributed by atoms with van der Waals surface area (Å²) in [6.45, 7) is -0.0578. The van der Waals surface area contributed by atoms with Crippen LogP contribution in [0.1, 0.15) is 0 Å². The highest BCUT2D eigenvalue weighted by atomic mass is 32.2. The molecule has 0 spiro atoms. The monoisotopic (exact) mass is 280 g/mol. The molecule has 0 aromatic carbocycles. The van der Waals surface area contributed by atoms with Gasteiger partial charge in [-0.2, -0.15) is 4.31 Å². The SMILES string of the molecule is CN(CC(=O)N1CCOC[C@H]1C(=O)O)S(C)(=O)=O. The van der Waals surface area contributed by atoms with Gasteiger partial charge >= 0.3 is 5.97 Å². The minimum absolute atomic E-state index is 0.0797. The Balaban J connectivity index is 2.73. The van der Waals surface area contributed by atoms with Gasteiger partial charge in [0.15, 0.2) is 6.04 Å². The Hall–Kier alpha value is -1.19. The van der Waals surface area contributed by atoms with Crippen molar-refractivity contribution in [1.82, 2.24) is 9.21 Å². The lowest BCUT2D eigenvalue weighted by Gasteiger charge is -2.33. The van der Waals surface area contributed by atoms with Crippen LogP contribution in [0.2, 0.25) is 0 Å². The largest absolute Gasteiger partial charge is 0.480 e. The maximum atomic E-state index is 11.9. The summed E-state index contributed by atoms with van der Waals surface area (Å²) in [5.41, 5.74) is 0. The first-order valence-corrected chi connectivity index (χ1v) is 7.09. The van der Waals surface area contributed by atoms with Gasteiger partial charge in [0.05, 0.1) is 26.0 Å². The molecule has 1 heterocycles. The molecule has 9 heteroatoms. The second-order valence-electron chi connectivity index (χ2n) is 4.04. The van der Waals surface area contributed by atoms with Gasteiger partial charge in [0.2, 0.25) is 15.9 Å². The third-order valence-electron chi connectivity index (χ3n) is 2.66. The van der Waals surface area contributed by atoms with Gasteiger partial charge in [0.25, 0.3) is 0 Å². The number of carboxylic acids is 1. The number of carboxylic acid groups (broad SMARTS) is 1. The number of sulfonamides is 1. The van der Waals surface area contributed by atoms with Crippen molar-refractivity contribution < 1.29 is 27.9 Å². The van der Waals surface area contributed by atoms with Gasteiger partial charge in [-0.15, -0.1) is 0 Å². The normalized spacial score (nSPS) is 21.1. The third kappa shape index (κ3) is 3.65. The molecule has 1 atom stereocenters. The molecule has 104 valence electrons. The maximum absolute atomic E-state index is 11.9. The zero-order valence-electron chi connectivity index (χ0n) is 10.2. The summed E-state index contributed by atoms with van der Waals surface area (Å²) in [6.07, 6.45) is 0.980. The highest BCUT2D eigenvalue weighted by Gasteiger charge is 2.33. The van der Waals surface area contributed by atoms with Crippen molar-refractivity contribution in [2.45, 2.75) is 6.04 Å². The minimum Gasteiger partial charge on any atom is -0.480 e. The number of hydrogen-bond acceptors (Lipinski definition) is 5. The Labute approximate surface area is 105 Å². The number of carbonyl (C=O) groups is 2. The van der Waals surface area contributed by atoms with Gasteiger partial charge < -0.3 is 14.7 Å². The predicted molar refractivity (Wildman–Crippen MR) is 61.4 cm³/mol. The lowest BCUT2D eigenvalue weighted by molar-refractivity contribution is -0.158. The van der Waals surface area contributed by atoms with Crippen LogP contribution in [0.4, 0.5) is 0 Å². The standard InChI is InChI=1S/C9H16N2O6S/c1-10(18(2,15)16)5-8(12)11-3-4-17-6-7(11)9(13)14/h7H,3-6H2,1-2H3,(H,13,14)/t7-/m0/s1. The molecular formula is C9H16N2O6S. The Morgan fingerprint density at radius 1 is 1.50 bits per heavy atom. The van der Waals surface area contributed by atoms with Crippen LogP contribution in [0.5, 0.6) is 0 Å². The van der Waals surface area contributed by atoms with E-state index in [-0.39, 0.29) is 26.3 Å². The lowest BCUT2D eigenvalue weighted by atomic mass is 10.2. The van der Waals surface area contributed by atoms with Crippen molar-refractivity contribution in [2.24, 2.45) is 0 Å². The zero-order valence-corrected chi connectivity index (χ0v) is 11.0. The number of ether oxygens (including phenoxy) is 1. The molecule has 1 amide bonds. The van der Waals surface area contributed by atoms with Gasteiger partial charge in [0.1, 0.15) is 0 Å². The van der Waals surface area contributed by atoms with Crippen molar-refractivity contribution in [3.05, 3.63) is 0 Å². The number of likely N-dealkylation sites (N-methyl/N-ethyl adjacent to an activating group) is 1. The summed E-state index contributed by atoms with van der Waals surface area (Å²) in [5, 5.41) is 8.95. The average Bonchev–Trinajstić information content (AvgIpc) is 2.27. The van der Waals surface area contributed by atoms with Gasteiger partial charge in [-0.3, -0.25) is 4.79 Å². The van der Waals surface area contributed by atoms with E-state index in [1.165, 1.54) is 7.05 Å². The van der Waals surface area contributed by atoms with E-state index in [2.05, 4.69) is 0 Å². The van der Waals surface area contributed by atoms with E-state index in [1.807, 2.05) is 0 Å². The van der Waals surface area contributed by atoms with Crippen LogP contribution < -0.4 is 0 Å². The second kappa shape index (κ2) is 5.63. The van der Waals surface area contributed by atoms with E-state index in [9.17, 15) is 18.0 Å². The van der Waals surface area contributed by atoms with Gasteiger partial charge in [0, 0.05) is 13.6 Å². The van der Waals surface area contributed by atoms with Crippen LogP contribution in [-0.2, 0) is 24.3 Å². The lowest BCUT2D eigenvalue weighted by Crippen LogP contribution is -2.55. The smallest absolute Gasteiger partial charge is 0.328 e.